The van der Waals surface area contributed by atoms with Gasteiger partial charge in [0.15, 0.2) is 0 Å². The Morgan fingerprint density at radius 1 is 1.23 bits per heavy atom. The summed E-state index contributed by atoms with van der Waals surface area (Å²) in [7, 11) is 0. The van der Waals surface area contributed by atoms with Crippen molar-refractivity contribution < 1.29 is 0 Å². The second kappa shape index (κ2) is 10.2. The summed E-state index contributed by atoms with van der Waals surface area (Å²) in [6, 6.07) is 10.5. The highest BCUT2D eigenvalue weighted by molar-refractivity contribution is 7.98. The Morgan fingerprint density at radius 3 is 2.38 bits per heavy atom. The fourth-order valence-corrected chi connectivity index (χ4v) is 1.55. The van der Waals surface area contributed by atoms with Crippen LogP contribution < -0.4 is 0 Å². The zero-order chi connectivity index (χ0) is 7.94. The molecular formula is C10H17PS2. The third kappa shape index (κ3) is 7.18. The lowest BCUT2D eigenvalue weighted by Gasteiger charge is -1.97. The van der Waals surface area contributed by atoms with Crippen LogP contribution in [0.15, 0.2) is 43.0 Å². The van der Waals surface area contributed by atoms with Crippen molar-refractivity contribution >= 4 is 35.2 Å². The molecule has 0 aromatic heterocycles. The van der Waals surface area contributed by atoms with Crippen molar-refractivity contribution in [1.82, 2.24) is 0 Å². The van der Waals surface area contributed by atoms with Gasteiger partial charge in [0.1, 0.15) is 0 Å². The van der Waals surface area contributed by atoms with Crippen LogP contribution in [-0.4, -0.2) is 5.75 Å². The van der Waals surface area contributed by atoms with Crippen molar-refractivity contribution in [2.24, 2.45) is 0 Å². The zero-order valence-corrected chi connectivity index (χ0v) is 10.9. The second-order valence-electron chi connectivity index (χ2n) is 2.29. The monoisotopic (exact) mass is 232 g/mol. The van der Waals surface area contributed by atoms with Crippen molar-refractivity contribution in [2.75, 3.05) is 5.75 Å². The molecule has 0 nitrogen and oxygen atoms in total. The normalized spacial score (nSPS) is 8.00. The van der Waals surface area contributed by atoms with Gasteiger partial charge >= 0.3 is 0 Å². The van der Waals surface area contributed by atoms with Gasteiger partial charge in [-0.2, -0.15) is 35.2 Å². The summed E-state index contributed by atoms with van der Waals surface area (Å²) in [5.41, 5.74) is 1.39. The first-order valence-corrected chi connectivity index (χ1v) is 4.81. The number of thioether (sulfide) groups is 1. The fraction of sp³-hybridized carbons (Fsp3) is 0.200. The highest BCUT2D eigenvalue weighted by Crippen LogP contribution is 2.10. The number of rotatable bonds is 4. The van der Waals surface area contributed by atoms with Gasteiger partial charge in [0.25, 0.3) is 0 Å². The zero-order valence-electron chi connectivity index (χ0n) is 7.70. The maximum absolute atomic E-state index is 3.67. The molecule has 0 fully saturated rings. The maximum atomic E-state index is 3.67. The molecule has 0 radical (unpaired) electrons. The van der Waals surface area contributed by atoms with E-state index in [1.165, 1.54) is 5.56 Å². The Bertz CT molecular complexity index is 211. The maximum Gasteiger partial charge on any atom is 0.0187 e. The molecule has 0 bridgehead atoms. The first-order valence-electron chi connectivity index (χ1n) is 3.66. The van der Waals surface area contributed by atoms with Crippen molar-refractivity contribution in [1.29, 1.82) is 0 Å². The second-order valence-corrected chi connectivity index (χ2v) is 3.32. The molecule has 0 spiro atoms. The SMILES string of the molecule is C=CCSCc1ccccc1.P.S. The molecule has 3 heteroatoms. The summed E-state index contributed by atoms with van der Waals surface area (Å²) in [6.07, 6.45) is 1.94. The molecule has 1 aromatic carbocycles. The van der Waals surface area contributed by atoms with Crippen molar-refractivity contribution in [2.45, 2.75) is 5.75 Å². The van der Waals surface area contributed by atoms with E-state index in [0.717, 1.165) is 11.5 Å². The minimum absolute atomic E-state index is 0. The molecule has 1 unspecified atom stereocenters. The van der Waals surface area contributed by atoms with E-state index in [4.69, 9.17) is 0 Å². The molecule has 0 N–H and O–H groups in total. The van der Waals surface area contributed by atoms with Gasteiger partial charge in [0.2, 0.25) is 0 Å². The topological polar surface area (TPSA) is 0 Å². The number of hydrogen-bond donors (Lipinski definition) is 0. The van der Waals surface area contributed by atoms with E-state index < -0.39 is 0 Å². The standard InChI is InChI=1S/C10H12S.H3P.H2S/c1-2-8-11-9-10-6-4-3-5-7-10;;/h2-7H,1,8-9H2;1H3;1H2. The summed E-state index contributed by atoms with van der Waals surface area (Å²) in [6.45, 7) is 3.67. The summed E-state index contributed by atoms with van der Waals surface area (Å²) in [4.78, 5) is 0. The molecule has 0 aliphatic carbocycles. The predicted octanol–water partition coefficient (Wildman–Crippen LogP) is 3.28. The van der Waals surface area contributed by atoms with Gasteiger partial charge in [0, 0.05) is 11.5 Å². The van der Waals surface area contributed by atoms with E-state index in [1.54, 1.807) is 0 Å². The third-order valence-corrected chi connectivity index (χ3v) is 2.36. The van der Waals surface area contributed by atoms with Crippen molar-refractivity contribution in [3.05, 3.63) is 48.6 Å². The summed E-state index contributed by atoms with van der Waals surface area (Å²) in [5, 5.41) is 0. The summed E-state index contributed by atoms with van der Waals surface area (Å²) < 4.78 is 0. The van der Waals surface area contributed by atoms with E-state index in [-0.39, 0.29) is 23.4 Å². The Balaban J connectivity index is 0. The van der Waals surface area contributed by atoms with Crippen LogP contribution in [0.4, 0.5) is 0 Å². The van der Waals surface area contributed by atoms with Gasteiger partial charge < -0.3 is 0 Å². The van der Waals surface area contributed by atoms with Crippen LogP contribution in [0.5, 0.6) is 0 Å². The van der Waals surface area contributed by atoms with Crippen LogP contribution in [0.2, 0.25) is 0 Å². The minimum atomic E-state index is 0. The third-order valence-electron chi connectivity index (χ3n) is 1.35. The average Bonchev–Trinajstić information content (AvgIpc) is 2.07. The van der Waals surface area contributed by atoms with E-state index in [0.29, 0.717) is 0 Å². The summed E-state index contributed by atoms with van der Waals surface area (Å²) in [5.74, 6) is 2.13. The fourth-order valence-electron chi connectivity index (χ4n) is 0.834. The minimum Gasteiger partial charge on any atom is -0.197 e. The molecule has 1 rings (SSSR count). The van der Waals surface area contributed by atoms with E-state index >= 15 is 0 Å². The van der Waals surface area contributed by atoms with Crippen molar-refractivity contribution in [3.63, 3.8) is 0 Å². The number of hydrogen-bond acceptors (Lipinski definition) is 1. The Kier molecular flexibility index (Phi) is 12.2. The molecule has 13 heavy (non-hydrogen) atoms. The Hall–Kier alpha value is 0.0900. The van der Waals surface area contributed by atoms with Gasteiger partial charge in [-0.15, -0.1) is 6.58 Å². The lowest BCUT2D eigenvalue weighted by atomic mass is 10.2. The molecule has 0 saturated carbocycles. The smallest absolute Gasteiger partial charge is 0.0187 e. The van der Waals surface area contributed by atoms with Gasteiger partial charge in [0.05, 0.1) is 0 Å². The largest absolute Gasteiger partial charge is 0.197 e. The Morgan fingerprint density at radius 2 is 1.85 bits per heavy atom. The van der Waals surface area contributed by atoms with E-state index in [1.807, 2.05) is 23.9 Å². The molecule has 0 aliphatic heterocycles. The van der Waals surface area contributed by atoms with E-state index in [9.17, 15) is 0 Å². The predicted molar refractivity (Wildman–Crippen MR) is 74.3 cm³/mol. The van der Waals surface area contributed by atoms with Crippen molar-refractivity contribution in [3.8, 4) is 0 Å². The molecule has 1 atom stereocenters. The lowest BCUT2D eigenvalue weighted by molar-refractivity contribution is 1.41. The molecule has 0 saturated heterocycles. The Labute approximate surface area is 95.3 Å². The van der Waals surface area contributed by atoms with Crippen LogP contribution in [0, 0.1) is 0 Å². The first-order chi connectivity index (χ1) is 5.43. The van der Waals surface area contributed by atoms with Crippen LogP contribution in [0.3, 0.4) is 0 Å². The molecule has 0 aliphatic rings. The van der Waals surface area contributed by atoms with E-state index in [2.05, 4.69) is 30.8 Å². The highest BCUT2D eigenvalue weighted by Gasteiger charge is 1.88. The van der Waals surface area contributed by atoms with Crippen LogP contribution in [-0.2, 0) is 5.75 Å². The molecule has 0 amide bonds. The van der Waals surface area contributed by atoms with Crippen LogP contribution in [0.1, 0.15) is 5.56 Å². The summed E-state index contributed by atoms with van der Waals surface area (Å²) >= 11 is 1.89. The average molecular weight is 232 g/mol. The van der Waals surface area contributed by atoms with Gasteiger partial charge in [-0.3, -0.25) is 0 Å². The quantitative estimate of drug-likeness (QED) is 0.436. The molecule has 0 heterocycles. The number of benzene rings is 1. The molecular weight excluding hydrogens is 215 g/mol. The van der Waals surface area contributed by atoms with Crippen LogP contribution >= 0.6 is 35.2 Å². The van der Waals surface area contributed by atoms with Gasteiger partial charge in [-0.25, -0.2) is 0 Å². The molecule has 74 valence electrons. The first kappa shape index (κ1) is 15.6. The molecule has 1 aromatic rings. The van der Waals surface area contributed by atoms with Gasteiger partial charge in [-0.05, 0) is 5.56 Å². The van der Waals surface area contributed by atoms with Crippen LogP contribution in [0.25, 0.3) is 0 Å². The lowest BCUT2D eigenvalue weighted by Crippen LogP contribution is -1.78. The van der Waals surface area contributed by atoms with Gasteiger partial charge in [-0.1, -0.05) is 36.4 Å². The highest BCUT2D eigenvalue weighted by atomic mass is 32.2.